The van der Waals surface area contributed by atoms with E-state index in [9.17, 15) is 0 Å². The summed E-state index contributed by atoms with van der Waals surface area (Å²) in [5.41, 5.74) is 2.33. The van der Waals surface area contributed by atoms with Crippen molar-refractivity contribution in [3.8, 4) is 0 Å². The van der Waals surface area contributed by atoms with Gasteiger partial charge in [0.15, 0.2) is 0 Å². The van der Waals surface area contributed by atoms with Gasteiger partial charge in [-0.15, -0.1) is 0 Å². The second-order valence-electron chi connectivity index (χ2n) is 4.90. The molecule has 2 aromatic rings. The second kappa shape index (κ2) is 6.68. The van der Waals surface area contributed by atoms with Crippen LogP contribution in [0.4, 0.5) is 0 Å². The quantitative estimate of drug-likeness (QED) is 0.830. The van der Waals surface area contributed by atoms with Gasteiger partial charge in [0, 0.05) is 32.0 Å². The van der Waals surface area contributed by atoms with Crippen LogP contribution in [0.2, 0.25) is 0 Å². The molecule has 0 aliphatic heterocycles. The fraction of sp³-hybridized carbons (Fsp3) is 0.533. The molecule has 104 valence electrons. The van der Waals surface area contributed by atoms with Gasteiger partial charge in [-0.05, 0) is 19.0 Å². The number of aromatic nitrogens is 2. The highest BCUT2D eigenvalue weighted by atomic mass is 16.5. The van der Waals surface area contributed by atoms with E-state index in [4.69, 9.17) is 4.74 Å². The van der Waals surface area contributed by atoms with Gasteiger partial charge in [0.2, 0.25) is 0 Å². The molecule has 0 saturated heterocycles. The molecule has 4 heteroatoms. The Labute approximate surface area is 114 Å². The van der Waals surface area contributed by atoms with Crippen LogP contribution in [0.5, 0.6) is 0 Å². The van der Waals surface area contributed by atoms with Gasteiger partial charge in [0.25, 0.3) is 0 Å². The molecule has 1 heterocycles. The topological polar surface area (TPSA) is 39.1 Å². The Morgan fingerprint density at radius 1 is 1.37 bits per heavy atom. The standard InChI is InChI=1S/C15H23N3O/c1-4-9-16-12(11-19-3)10-14-13-7-5-6-8-15(13)18(2)17-14/h5-8,12,16H,4,9-11H2,1-3H3. The number of fused-ring (bicyclic) bond motifs is 1. The first-order valence-corrected chi connectivity index (χ1v) is 6.89. The Morgan fingerprint density at radius 3 is 2.89 bits per heavy atom. The Bertz CT molecular complexity index is 521. The van der Waals surface area contributed by atoms with Crippen molar-refractivity contribution in [2.24, 2.45) is 7.05 Å². The van der Waals surface area contributed by atoms with E-state index >= 15 is 0 Å². The Morgan fingerprint density at radius 2 is 2.16 bits per heavy atom. The van der Waals surface area contributed by atoms with Crippen LogP contribution < -0.4 is 5.32 Å². The monoisotopic (exact) mass is 261 g/mol. The zero-order chi connectivity index (χ0) is 13.7. The van der Waals surface area contributed by atoms with Crippen molar-refractivity contribution in [1.82, 2.24) is 15.1 Å². The van der Waals surface area contributed by atoms with Crippen LogP contribution in [0.3, 0.4) is 0 Å². The summed E-state index contributed by atoms with van der Waals surface area (Å²) in [6.07, 6.45) is 2.03. The lowest BCUT2D eigenvalue weighted by Gasteiger charge is -2.16. The minimum Gasteiger partial charge on any atom is -0.383 e. The largest absolute Gasteiger partial charge is 0.383 e. The third kappa shape index (κ3) is 3.33. The van der Waals surface area contributed by atoms with Crippen LogP contribution in [0.15, 0.2) is 24.3 Å². The SMILES string of the molecule is CCCNC(COC)Cc1nn(C)c2ccccc12. The first kappa shape index (κ1) is 14.0. The fourth-order valence-corrected chi connectivity index (χ4v) is 2.41. The van der Waals surface area contributed by atoms with E-state index in [2.05, 4.69) is 41.6 Å². The molecule has 0 aliphatic rings. The number of rotatable bonds is 7. The van der Waals surface area contributed by atoms with E-state index in [1.165, 1.54) is 10.9 Å². The van der Waals surface area contributed by atoms with Crippen LogP contribution in [0.25, 0.3) is 10.9 Å². The first-order chi connectivity index (χ1) is 9.26. The van der Waals surface area contributed by atoms with Crippen LogP contribution in [-0.2, 0) is 18.2 Å². The highest BCUT2D eigenvalue weighted by Gasteiger charge is 2.14. The van der Waals surface area contributed by atoms with Crippen LogP contribution in [-0.4, -0.2) is 36.1 Å². The maximum Gasteiger partial charge on any atom is 0.0719 e. The van der Waals surface area contributed by atoms with Crippen molar-refractivity contribution in [3.05, 3.63) is 30.0 Å². The number of aryl methyl sites for hydroxylation is 1. The van der Waals surface area contributed by atoms with Gasteiger partial charge in [0.1, 0.15) is 0 Å². The smallest absolute Gasteiger partial charge is 0.0719 e. The fourth-order valence-electron chi connectivity index (χ4n) is 2.41. The molecule has 1 aromatic carbocycles. The van der Waals surface area contributed by atoms with Crippen LogP contribution >= 0.6 is 0 Å². The summed E-state index contributed by atoms with van der Waals surface area (Å²) in [4.78, 5) is 0. The summed E-state index contributed by atoms with van der Waals surface area (Å²) in [5, 5.41) is 9.40. The molecule has 0 bridgehead atoms. The second-order valence-corrected chi connectivity index (χ2v) is 4.90. The Kier molecular flexibility index (Phi) is 4.93. The van der Waals surface area contributed by atoms with Crippen molar-refractivity contribution >= 4 is 10.9 Å². The van der Waals surface area contributed by atoms with Gasteiger partial charge in [-0.3, -0.25) is 4.68 Å². The highest BCUT2D eigenvalue weighted by molar-refractivity contribution is 5.81. The molecule has 0 spiro atoms. The number of para-hydroxylation sites is 1. The number of nitrogens with one attached hydrogen (secondary N) is 1. The molecule has 1 unspecified atom stereocenters. The molecule has 4 nitrogen and oxygen atoms in total. The number of hydrogen-bond donors (Lipinski definition) is 1. The summed E-state index contributed by atoms with van der Waals surface area (Å²) >= 11 is 0. The third-order valence-corrected chi connectivity index (χ3v) is 3.32. The average molecular weight is 261 g/mol. The maximum atomic E-state index is 5.30. The number of nitrogens with zero attached hydrogens (tertiary/aromatic N) is 2. The lowest BCUT2D eigenvalue weighted by atomic mass is 10.1. The van der Waals surface area contributed by atoms with E-state index in [1.54, 1.807) is 7.11 Å². The number of ether oxygens (including phenoxy) is 1. The zero-order valence-electron chi connectivity index (χ0n) is 12.0. The zero-order valence-corrected chi connectivity index (χ0v) is 12.0. The molecule has 1 N–H and O–H groups in total. The molecule has 2 rings (SSSR count). The predicted octanol–water partition coefficient (Wildman–Crippen LogP) is 2.13. The molecular weight excluding hydrogens is 238 g/mol. The van der Waals surface area contributed by atoms with Crippen molar-refractivity contribution in [3.63, 3.8) is 0 Å². The maximum absolute atomic E-state index is 5.30. The van der Waals surface area contributed by atoms with E-state index < -0.39 is 0 Å². The highest BCUT2D eigenvalue weighted by Crippen LogP contribution is 2.18. The number of methoxy groups -OCH3 is 1. The van der Waals surface area contributed by atoms with E-state index in [-0.39, 0.29) is 0 Å². The number of hydrogen-bond acceptors (Lipinski definition) is 3. The van der Waals surface area contributed by atoms with Gasteiger partial charge >= 0.3 is 0 Å². The van der Waals surface area contributed by atoms with Crippen LogP contribution in [0.1, 0.15) is 19.0 Å². The average Bonchev–Trinajstić information content (AvgIpc) is 2.74. The van der Waals surface area contributed by atoms with E-state index in [0.717, 1.165) is 25.1 Å². The number of benzene rings is 1. The lowest BCUT2D eigenvalue weighted by Crippen LogP contribution is -2.35. The van der Waals surface area contributed by atoms with Crippen LogP contribution in [0, 0.1) is 0 Å². The third-order valence-electron chi connectivity index (χ3n) is 3.32. The minimum atomic E-state index is 0.322. The van der Waals surface area contributed by atoms with E-state index in [1.807, 2.05) is 11.7 Å². The first-order valence-electron chi connectivity index (χ1n) is 6.89. The molecule has 0 aliphatic carbocycles. The van der Waals surface area contributed by atoms with Gasteiger partial charge in [-0.1, -0.05) is 25.1 Å². The molecule has 0 amide bonds. The summed E-state index contributed by atoms with van der Waals surface area (Å²) in [6, 6.07) is 8.69. The van der Waals surface area contributed by atoms with Gasteiger partial charge in [-0.25, -0.2) is 0 Å². The van der Waals surface area contributed by atoms with Gasteiger partial charge < -0.3 is 10.1 Å². The predicted molar refractivity (Wildman–Crippen MR) is 78.4 cm³/mol. The minimum absolute atomic E-state index is 0.322. The molecule has 0 radical (unpaired) electrons. The summed E-state index contributed by atoms with van der Waals surface area (Å²) in [7, 11) is 3.74. The normalized spacial score (nSPS) is 13.0. The Balaban J connectivity index is 2.18. The summed E-state index contributed by atoms with van der Waals surface area (Å²) < 4.78 is 7.25. The van der Waals surface area contributed by atoms with Crippen molar-refractivity contribution in [2.75, 3.05) is 20.3 Å². The van der Waals surface area contributed by atoms with Crippen molar-refractivity contribution in [1.29, 1.82) is 0 Å². The van der Waals surface area contributed by atoms with Gasteiger partial charge in [-0.2, -0.15) is 5.10 Å². The molecule has 19 heavy (non-hydrogen) atoms. The van der Waals surface area contributed by atoms with Crippen molar-refractivity contribution < 1.29 is 4.74 Å². The Hall–Kier alpha value is -1.39. The molecular formula is C15H23N3O. The van der Waals surface area contributed by atoms with Gasteiger partial charge in [0.05, 0.1) is 17.8 Å². The lowest BCUT2D eigenvalue weighted by molar-refractivity contribution is 0.166. The summed E-state index contributed by atoms with van der Waals surface area (Å²) in [5.74, 6) is 0. The molecule has 1 aromatic heterocycles. The molecule has 0 fully saturated rings. The van der Waals surface area contributed by atoms with E-state index in [0.29, 0.717) is 12.6 Å². The molecule has 0 saturated carbocycles. The van der Waals surface area contributed by atoms with Crippen molar-refractivity contribution in [2.45, 2.75) is 25.8 Å². The summed E-state index contributed by atoms with van der Waals surface area (Å²) in [6.45, 7) is 3.90. The molecule has 1 atom stereocenters.